The van der Waals surface area contributed by atoms with Crippen LogP contribution in [0, 0.1) is 0 Å². The molecule has 2 saturated heterocycles. The van der Waals surface area contributed by atoms with Crippen LogP contribution in [-0.2, 0) is 6.54 Å². The number of benzene rings is 1. The van der Waals surface area contributed by atoms with Gasteiger partial charge >= 0.3 is 0 Å². The van der Waals surface area contributed by atoms with Gasteiger partial charge in [-0.15, -0.1) is 0 Å². The summed E-state index contributed by atoms with van der Waals surface area (Å²) in [5.74, 6) is 1.46. The van der Waals surface area contributed by atoms with Gasteiger partial charge in [-0.3, -0.25) is 4.90 Å². The Morgan fingerprint density at radius 2 is 2.00 bits per heavy atom. The second-order valence-corrected chi connectivity index (χ2v) is 6.90. The van der Waals surface area contributed by atoms with Crippen molar-refractivity contribution in [3.63, 3.8) is 0 Å². The van der Waals surface area contributed by atoms with E-state index in [1.165, 1.54) is 31.2 Å². The zero-order valence-corrected chi connectivity index (χ0v) is 13.0. The van der Waals surface area contributed by atoms with E-state index in [-0.39, 0.29) is 6.79 Å². The number of halogens is 1. The topological polar surface area (TPSA) is 33.7 Å². The molecule has 0 spiro atoms. The summed E-state index contributed by atoms with van der Waals surface area (Å²) in [6.07, 6.45) is 5.19. The lowest BCUT2D eigenvalue weighted by Crippen LogP contribution is -2.46. The van der Waals surface area contributed by atoms with Gasteiger partial charge in [-0.25, -0.2) is 0 Å². The largest absolute Gasteiger partial charge is 0.454 e. The molecular weight excluding hydrogens is 288 g/mol. The van der Waals surface area contributed by atoms with Crippen LogP contribution in [0.25, 0.3) is 0 Å². The standard InChI is InChI=1S/C16H21ClN2O2/c1-19(13-6-11-2-3-12(7-13)18-11)8-10-4-14(17)16-15(5-10)20-9-21-16/h4-5,11-13,18H,2-3,6-9H2,1H3. The van der Waals surface area contributed by atoms with Crippen molar-refractivity contribution in [3.8, 4) is 11.5 Å². The van der Waals surface area contributed by atoms with Crippen molar-refractivity contribution in [1.29, 1.82) is 0 Å². The van der Waals surface area contributed by atoms with Crippen LogP contribution in [0.3, 0.4) is 0 Å². The van der Waals surface area contributed by atoms with Gasteiger partial charge in [0, 0.05) is 24.7 Å². The number of hydrogen-bond donors (Lipinski definition) is 1. The Morgan fingerprint density at radius 3 is 2.76 bits per heavy atom. The average Bonchev–Trinajstić information content (AvgIpc) is 3.05. The van der Waals surface area contributed by atoms with Crippen LogP contribution < -0.4 is 14.8 Å². The maximum atomic E-state index is 6.27. The molecule has 0 radical (unpaired) electrons. The predicted octanol–water partition coefficient (Wildman–Crippen LogP) is 2.78. The van der Waals surface area contributed by atoms with Gasteiger partial charge in [0.2, 0.25) is 6.79 Å². The zero-order chi connectivity index (χ0) is 14.4. The second-order valence-electron chi connectivity index (χ2n) is 6.49. The third-order valence-electron chi connectivity index (χ3n) is 4.99. The van der Waals surface area contributed by atoms with Crippen molar-refractivity contribution >= 4 is 11.6 Å². The summed E-state index contributed by atoms with van der Waals surface area (Å²) < 4.78 is 10.8. The van der Waals surface area contributed by atoms with Crippen LogP contribution in [0.4, 0.5) is 0 Å². The first-order valence-electron chi connectivity index (χ1n) is 7.73. The molecule has 2 unspecified atom stereocenters. The summed E-state index contributed by atoms with van der Waals surface area (Å²) in [5, 5.41) is 4.35. The van der Waals surface area contributed by atoms with Crippen LogP contribution in [0.2, 0.25) is 5.02 Å². The van der Waals surface area contributed by atoms with Crippen LogP contribution in [0.5, 0.6) is 11.5 Å². The minimum Gasteiger partial charge on any atom is -0.454 e. The van der Waals surface area contributed by atoms with Crippen molar-refractivity contribution in [1.82, 2.24) is 10.2 Å². The quantitative estimate of drug-likeness (QED) is 0.931. The fraction of sp³-hybridized carbons (Fsp3) is 0.625. The monoisotopic (exact) mass is 308 g/mol. The lowest BCUT2D eigenvalue weighted by atomic mass is 9.98. The highest BCUT2D eigenvalue weighted by Crippen LogP contribution is 2.40. The minimum atomic E-state index is 0.270. The molecule has 1 aromatic carbocycles. The summed E-state index contributed by atoms with van der Waals surface area (Å²) in [5.41, 5.74) is 1.19. The van der Waals surface area contributed by atoms with Gasteiger partial charge in [0.1, 0.15) is 0 Å². The van der Waals surface area contributed by atoms with Crippen LogP contribution in [0.15, 0.2) is 12.1 Å². The molecule has 0 saturated carbocycles. The van der Waals surface area contributed by atoms with E-state index >= 15 is 0 Å². The summed E-state index contributed by atoms with van der Waals surface area (Å²) in [7, 11) is 2.22. The molecule has 0 amide bonds. The van der Waals surface area contributed by atoms with Crippen molar-refractivity contribution in [2.75, 3.05) is 13.8 Å². The third-order valence-corrected chi connectivity index (χ3v) is 5.27. The van der Waals surface area contributed by atoms with Gasteiger partial charge in [-0.05, 0) is 50.4 Å². The molecule has 3 aliphatic heterocycles. The number of piperidine rings is 1. The normalized spacial score (nSPS) is 30.1. The van der Waals surface area contributed by atoms with E-state index in [0.717, 1.165) is 24.4 Å². The van der Waals surface area contributed by atoms with E-state index < -0.39 is 0 Å². The van der Waals surface area contributed by atoms with Gasteiger partial charge in [-0.1, -0.05) is 11.6 Å². The van der Waals surface area contributed by atoms with Gasteiger partial charge in [-0.2, -0.15) is 0 Å². The summed E-state index contributed by atoms with van der Waals surface area (Å²) in [6.45, 7) is 1.17. The average molecular weight is 309 g/mol. The van der Waals surface area contributed by atoms with E-state index in [1.54, 1.807) is 0 Å². The van der Waals surface area contributed by atoms with E-state index in [0.29, 0.717) is 16.8 Å². The molecule has 0 aromatic heterocycles. The SMILES string of the molecule is CN(Cc1cc(Cl)c2c(c1)OCO2)C1CC2CCC(C1)N2. The Labute approximate surface area is 130 Å². The smallest absolute Gasteiger partial charge is 0.231 e. The Morgan fingerprint density at radius 1 is 1.24 bits per heavy atom. The van der Waals surface area contributed by atoms with Gasteiger partial charge in [0.15, 0.2) is 11.5 Å². The number of ether oxygens (including phenoxy) is 2. The van der Waals surface area contributed by atoms with Crippen LogP contribution >= 0.6 is 11.6 Å². The maximum Gasteiger partial charge on any atom is 0.231 e. The predicted molar refractivity (Wildman–Crippen MR) is 82.0 cm³/mol. The highest BCUT2D eigenvalue weighted by Gasteiger charge is 2.35. The van der Waals surface area contributed by atoms with Crippen molar-refractivity contribution in [2.24, 2.45) is 0 Å². The van der Waals surface area contributed by atoms with Gasteiger partial charge < -0.3 is 14.8 Å². The lowest BCUT2D eigenvalue weighted by molar-refractivity contribution is 0.165. The van der Waals surface area contributed by atoms with Crippen LogP contribution in [-0.4, -0.2) is 36.9 Å². The molecule has 3 heterocycles. The summed E-state index contributed by atoms with van der Waals surface area (Å²) in [6, 6.07) is 6.16. The van der Waals surface area contributed by atoms with Gasteiger partial charge in [0.25, 0.3) is 0 Å². The molecule has 21 heavy (non-hydrogen) atoms. The Hall–Kier alpha value is -0.970. The molecular formula is C16H21ClN2O2. The minimum absolute atomic E-state index is 0.270. The number of hydrogen-bond acceptors (Lipinski definition) is 4. The first kappa shape index (κ1) is 13.7. The highest BCUT2D eigenvalue weighted by molar-refractivity contribution is 6.32. The van der Waals surface area contributed by atoms with E-state index in [9.17, 15) is 0 Å². The number of fused-ring (bicyclic) bond motifs is 3. The second kappa shape index (κ2) is 5.34. The first-order chi connectivity index (χ1) is 10.2. The molecule has 3 aliphatic rings. The summed E-state index contributed by atoms with van der Waals surface area (Å²) >= 11 is 6.27. The Balaban J connectivity index is 1.47. The first-order valence-corrected chi connectivity index (χ1v) is 8.11. The van der Waals surface area contributed by atoms with Crippen molar-refractivity contribution < 1.29 is 9.47 Å². The number of rotatable bonds is 3. The van der Waals surface area contributed by atoms with Crippen molar-refractivity contribution in [3.05, 3.63) is 22.7 Å². The maximum absolute atomic E-state index is 6.27. The highest BCUT2D eigenvalue weighted by atomic mass is 35.5. The van der Waals surface area contributed by atoms with E-state index in [1.807, 2.05) is 6.07 Å². The Bertz CT molecular complexity index is 539. The fourth-order valence-electron chi connectivity index (χ4n) is 3.92. The number of nitrogens with one attached hydrogen (secondary N) is 1. The van der Waals surface area contributed by atoms with Crippen LogP contribution in [0.1, 0.15) is 31.2 Å². The summed E-state index contributed by atoms with van der Waals surface area (Å²) in [4.78, 5) is 2.46. The zero-order valence-electron chi connectivity index (χ0n) is 12.3. The molecule has 4 rings (SSSR count). The molecule has 1 N–H and O–H groups in total. The van der Waals surface area contributed by atoms with E-state index in [2.05, 4.69) is 23.3 Å². The molecule has 4 nitrogen and oxygen atoms in total. The lowest BCUT2D eigenvalue weighted by Gasteiger charge is -2.35. The Kier molecular flexibility index (Phi) is 3.48. The molecule has 2 fully saturated rings. The molecule has 0 aliphatic carbocycles. The number of nitrogens with zero attached hydrogens (tertiary/aromatic N) is 1. The van der Waals surface area contributed by atoms with Crippen molar-refractivity contribution in [2.45, 2.75) is 50.4 Å². The van der Waals surface area contributed by atoms with E-state index in [4.69, 9.17) is 21.1 Å². The van der Waals surface area contributed by atoms with Gasteiger partial charge in [0.05, 0.1) is 5.02 Å². The molecule has 1 aromatic rings. The fourth-order valence-corrected chi connectivity index (χ4v) is 4.20. The third kappa shape index (κ3) is 2.60. The molecule has 114 valence electrons. The molecule has 5 heteroatoms. The molecule has 2 atom stereocenters. The molecule has 2 bridgehead atoms.